The number of fused-ring (bicyclic) bond motifs is 1. The van der Waals surface area contributed by atoms with Crippen LogP contribution in [-0.2, 0) is 10.3 Å². The van der Waals surface area contributed by atoms with Gasteiger partial charge in [-0.05, 0) is 50.0 Å². The first-order valence-corrected chi connectivity index (χ1v) is 9.00. The first kappa shape index (κ1) is 16.1. The lowest BCUT2D eigenvalue weighted by Gasteiger charge is -2.37. The van der Waals surface area contributed by atoms with Gasteiger partial charge in [-0.2, -0.15) is 5.10 Å². The average Bonchev–Trinajstić information content (AvgIpc) is 3.22. The van der Waals surface area contributed by atoms with E-state index in [2.05, 4.69) is 21.8 Å². The van der Waals surface area contributed by atoms with Gasteiger partial charge in [0.05, 0.1) is 6.61 Å². The highest BCUT2D eigenvalue weighted by atomic mass is 16.5. The molecule has 6 nitrogen and oxygen atoms in total. The number of hydrogen-bond donors (Lipinski definition) is 2. The van der Waals surface area contributed by atoms with E-state index in [0.717, 1.165) is 38.1 Å². The summed E-state index contributed by atoms with van der Waals surface area (Å²) in [6.45, 7) is 2.99. The summed E-state index contributed by atoms with van der Waals surface area (Å²) < 4.78 is 7.55. The molecule has 0 bridgehead atoms. The van der Waals surface area contributed by atoms with Crippen LogP contribution in [0.1, 0.15) is 30.7 Å². The SMILES string of the molecule is O=C(NCC1CCOc2ccccc21)C1(n2cccn2)CCNCC1. The van der Waals surface area contributed by atoms with Gasteiger partial charge in [0.15, 0.2) is 0 Å². The van der Waals surface area contributed by atoms with E-state index in [-0.39, 0.29) is 5.91 Å². The van der Waals surface area contributed by atoms with Crippen LogP contribution >= 0.6 is 0 Å². The normalized spacial score (nSPS) is 21.8. The number of carbonyl (C=O) groups excluding carboxylic acids is 1. The van der Waals surface area contributed by atoms with Crippen LogP contribution in [0.25, 0.3) is 0 Å². The van der Waals surface area contributed by atoms with Crippen LogP contribution < -0.4 is 15.4 Å². The number of nitrogens with one attached hydrogen (secondary N) is 2. The van der Waals surface area contributed by atoms with Gasteiger partial charge in [0.2, 0.25) is 5.91 Å². The Bertz CT molecular complexity index is 723. The largest absolute Gasteiger partial charge is 0.493 e. The molecule has 25 heavy (non-hydrogen) atoms. The summed E-state index contributed by atoms with van der Waals surface area (Å²) in [5.41, 5.74) is 0.604. The third-order valence-electron chi connectivity index (χ3n) is 5.39. The van der Waals surface area contributed by atoms with Crippen molar-refractivity contribution in [2.45, 2.75) is 30.7 Å². The molecule has 1 fully saturated rings. The molecule has 0 spiro atoms. The third kappa shape index (κ3) is 3.02. The highest BCUT2D eigenvalue weighted by Crippen LogP contribution is 2.33. The Hall–Kier alpha value is -2.34. The number of piperidine rings is 1. The second-order valence-electron chi connectivity index (χ2n) is 6.81. The molecule has 2 N–H and O–H groups in total. The average molecular weight is 340 g/mol. The summed E-state index contributed by atoms with van der Waals surface area (Å²) in [5.74, 6) is 1.31. The van der Waals surface area contributed by atoms with Crippen molar-refractivity contribution in [1.29, 1.82) is 0 Å². The molecule has 132 valence electrons. The minimum absolute atomic E-state index is 0.0710. The maximum atomic E-state index is 13.1. The molecular weight excluding hydrogens is 316 g/mol. The Kier molecular flexibility index (Phi) is 4.44. The number of hydrogen-bond acceptors (Lipinski definition) is 4. The minimum atomic E-state index is -0.584. The third-order valence-corrected chi connectivity index (χ3v) is 5.39. The molecule has 1 saturated heterocycles. The standard InChI is InChI=1S/C19H24N4O2/c24-18(19(7-10-20-11-8-19)23-12-3-9-22-23)21-14-15-6-13-25-17-5-2-1-4-16(15)17/h1-5,9,12,15,20H,6-8,10-11,13-14H2,(H,21,24). The maximum absolute atomic E-state index is 13.1. The van der Waals surface area contributed by atoms with E-state index < -0.39 is 5.54 Å². The fourth-order valence-electron chi connectivity index (χ4n) is 3.93. The molecule has 1 aromatic heterocycles. The quantitative estimate of drug-likeness (QED) is 0.888. The van der Waals surface area contributed by atoms with Gasteiger partial charge < -0.3 is 15.4 Å². The monoisotopic (exact) mass is 340 g/mol. The van der Waals surface area contributed by atoms with E-state index in [1.54, 1.807) is 6.20 Å². The van der Waals surface area contributed by atoms with E-state index >= 15 is 0 Å². The van der Waals surface area contributed by atoms with Crippen molar-refractivity contribution in [3.63, 3.8) is 0 Å². The molecule has 4 rings (SSSR count). The van der Waals surface area contributed by atoms with Crippen molar-refractivity contribution >= 4 is 5.91 Å². The van der Waals surface area contributed by atoms with Gasteiger partial charge in [0.25, 0.3) is 0 Å². The summed E-state index contributed by atoms with van der Waals surface area (Å²) >= 11 is 0. The van der Waals surface area contributed by atoms with Crippen molar-refractivity contribution < 1.29 is 9.53 Å². The zero-order valence-corrected chi connectivity index (χ0v) is 14.3. The van der Waals surface area contributed by atoms with Gasteiger partial charge in [-0.25, -0.2) is 0 Å². The molecule has 1 amide bonds. The first-order chi connectivity index (χ1) is 12.3. The second-order valence-corrected chi connectivity index (χ2v) is 6.81. The predicted octanol–water partition coefficient (Wildman–Crippen LogP) is 1.64. The van der Waals surface area contributed by atoms with Gasteiger partial charge in [-0.1, -0.05) is 18.2 Å². The van der Waals surface area contributed by atoms with Crippen LogP contribution in [0.5, 0.6) is 5.75 Å². The van der Waals surface area contributed by atoms with E-state index in [1.807, 2.05) is 35.1 Å². The molecule has 1 atom stereocenters. The van der Waals surface area contributed by atoms with Crippen LogP contribution in [-0.4, -0.2) is 41.9 Å². The summed E-state index contributed by atoms with van der Waals surface area (Å²) in [5, 5.41) is 10.9. The predicted molar refractivity (Wildman–Crippen MR) is 94.6 cm³/mol. The minimum Gasteiger partial charge on any atom is -0.493 e. The van der Waals surface area contributed by atoms with Gasteiger partial charge in [-0.3, -0.25) is 9.48 Å². The Morgan fingerprint density at radius 1 is 1.32 bits per heavy atom. The van der Waals surface area contributed by atoms with Crippen molar-refractivity contribution in [3.05, 3.63) is 48.3 Å². The van der Waals surface area contributed by atoms with Gasteiger partial charge in [0.1, 0.15) is 11.3 Å². The number of para-hydroxylation sites is 1. The molecular formula is C19H24N4O2. The fourth-order valence-corrected chi connectivity index (χ4v) is 3.93. The molecule has 1 unspecified atom stereocenters. The Morgan fingerprint density at radius 3 is 2.96 bits per heavy atom. The zero-order chi connectivity index (χ0) is 17.1. The lowest BCUT2D eigenvalue weighted by Crippen LogP contribution is -2.55. The fraction of sp³-hybridized carbons (Fsp3) is 0.474. The molecule has 2 aliphatic heterocycles. The van der Waals surface area contributed by atoms with E-state index in [4.69, 9.17) is 4.74 Å². The smallest absolute Gasteiger partial charge is 0.248 e. The number of benzene rings is 1. The molecule has 6 heteroatoms. The highest BCUT2D eigenvalue weighted by Gasteiger charge is 2.42. The van der Waals surface area contributed by atoms with Crippen LogP contribution in [0.2, 0.25) is 0 Å². The number of aromatic nitrogens is 2. The van der Waals surface area contributed by atoms with Crippen LogP contribution in [0, 0.1) is 0 Å². The van der Waals surface area contributed by atoms with E-state index in [1.165, 1.54) is 5.56 Å². The number of nitrogens with zero attached hydrogens (tertiary/aromatic N) is 2. The topological polar surface area (TPSA) is 68.2 Å². The molecule has 0 radical (unpaired) electrons. The molecule has 1 aromatic carbocycles. The van der Waals surface area contributed by atoms with Crippen LogP contribution in [0.15, 0.2) is 42.7 Å². The number of rotatable bonds is 4. The van der Waals surface area contributed by atoms with Gasteiger partial charge in [-0.15, -0.1) is 0 Å². The molecule has 0 saturated carbocycles. The Balaban J connectivity index is 1.50. The first-order valence-electron chi connectivity index (χ1n) is 9.00. The highest BCUT2D eigenvalue weighted by molar-refractivity contribution is 5.84. The lowest BCUT2D eigenvalue weighted by atomic mass is 9.86. The Morgan fingerprint density at radius 2 is 2.16 bits per heavy atom. The number of ether oxygens (including phenoxy) is 1. The number of carbonyl (C=O) groups is 1. The number of amides is 1. The van der Waals surface area contributed by atoms with Crippen molar-refractivity contribution in [3.8, 4) is 5.75 Å². The van der Waals surface area contributed by atoms with Crippen molar-refractivity contribution in [2.24, 2.45) is 0 Å². The van der Waals surface area contributed by atoms with Crippen LogP contribution in [0.4, 0.5) is 0 Å². The molecule has 3 heterocycles. The van der Waals surface area contributed by atoms with Crippen LogP contribution in [0.3, 0.4) is 0 Å². The van der Waals surface area contributed by atoms with E-state index in [9.17, 15) is 4.79 Å². The summed E-state index contributed by atoms with van der Waals surface area (Å²) in [6, 6.07) is 9.99. The van der Waals surface area contributed by atoms with Gasteiger partial charge in [0, 0.05) is 24.9 Å². The molecule has 0 aliphatic carbocycles. The molecule has 2 aliphatic rings. The summed E-state index contributed by atoms with van der Waals surface area (Å²) in [6.07, 6.45) is 6.07. The second kappa shape index (κ2) is 6.88. The van der Waals surface area contributed by atoms with Crippen molar-refractivity contribution in [1.82, 2.24) is 20.4 Å². The lowest BCUT2D eigenvalue weighted by molar-refractivity contribution is -0.132. The molecule has 2 aromatic rings. The van der Waals surface area contributed by atoms with Gasteiger partial charge >= 0.3 is 0 Å². The summed E-state index contributed by atoms with van der Waals surface area (Å²) in [4.78, 5) is 13.1. The Labute approximate surface area is 147 Å². The summed E-state index contributed by atoms with van der Waals surface area (Å²) in [7, 11) is 0. The zero-order valence-electron chi connectivity index (χ0n) is 14.3. The van der Waals surface area contributed by atoms with Crippen molar-refractivity contribution in [2.75, 3.05) is 26.2 Å². The van der Waals surface area contributed by atoms with E-state index in [0.29, 0.717) is 19.1 Å². The maximum Gasteiger partial charge on any atom is 0.248 e.